The Morgan fingerprint density at radius 1 is 1.44 bits per heavy atom. The molecule has 0 aromatic rings. The molecule has 0 aromatic heterocycles. The Morgan fingerprint density at radius 2 is 2.00 bits per heavy atom. The molecule has 1 radical (unpaired) electrons. The van der Waals surface area contributed by atoms with Gasteiger partial charge in [0.25, 0.3) is 0 Å². The number of hydrogen-bond acceptors (Lipinski definition) is 2. The van der Waals surface area contributed by atoms with E-state index in [1.54, 1.807) is 6.92 Å². The summed E-state index contributed by atoms with van der Waals surface area (Å²) in [7, 11) is 0. The molecule has 2 nitrogen and oxygen atoms in total. The quantitative estimate of drug-likeness (QED) is 0.590. The van der Waals surface area contributed by atoms with Crippen LogP contribution >= 0.6 is 0 Å². The van der Waals surface area contributed by atoms with E-state index in [1.165, 1.54) is 0 Å². The fraction of sp³-hybridized carbons (Fsp3) is 0.857. The molecule has 0 amide bonds. The van der Waals surface area contributed by atoms with Crippen LogP contribution in [0.2, 0.25) is 0 Å². The lowest BCUT2D eigenvalue weighted by Gasteiger charge is -2.11. The van der Waals surface area contributed by atoms with E-state index in [9.17, 15) is 0 Å². The Hall–Kier alpha value is -0.0800. The van der Waals surface area contributed by atoms with Gasteiger partial charge in [-0.25, -0.2) is 0 Å². The third-order valence-corrected chi connectivity index (χ3v) is 1.31. The second-order valence-electron chi connectivity index (χ2n) is 2.30. The fourth-order valence-electron chi connectivity index (χ4n) is 0.595. The number of hydrogen-bond donors (Lipinski definition) is 2. The predicted octanol–water partition coefficient (Wildman–Crippen LogP) is 0.732. The molecule has 0 spiro atoms. The lowest BCUT2D eigenvalue weighted by atomic mass is 10.1. The molecule has 0 saturated carbocycles. The first-order valence-electron chi connectivity index (χ1n) is 3.34. The Kier molecular flexibility index (Phi) is 4.72. The molecular weight excluding hydrogens is 116 g/mol. The zero-order chi connectivity index (χ0) is 7.28. The molecule has 2 N–H and O–H groups in total. The average molecular weight is 131 g/mol. The van der Waals surface area contributed by atoms with E-state index < -0.39 is 12.2 Å². The Balaban J connectivity index is 3.16. The Labute approximate surface area is 56.5 Å². The van der Waals surface area contributed by atoms with E-state index >= 15 is 0 Å². The third kappa shape index (κ3) is 4.43. The lowest BCUT2D eigenvalue weighted by Crippen LogP contribution is -2.21. The molecule has 2 heteroatoms. The van der Waals surface area contributed by atoms with Crippen molar-refractivity contribution in [2.45, 2.75) is 38.4 Å². The molecule has 0 aromatic carbocycles. The number of rotatable bonds is 4. The molecule has 55 valence electrons. The van der Waals surface area contributed by atoms with E-state index in [0.29, 0.717) is 6.42 Å². The van der Waals surface area contributed by atoms with E-state index in [-0.39, 0.29) is 0 Å². The van der Waals surface area contributed by atoms with Gasteiger partial charge in [-0.15, -0.1) is 0 Å². The van der Waals surface area contributed by atoms with Crippen LogP contribution in [0.1, 0.15) is 26.2 Å². The summed E-state index contributed by atoms with van der Waals surface area (Å²) in [6.45, 7) is 5.22. The molecule has 0 fully saturated rings. The van der Waals surface area contributed by atoms with E-state index in [4.69, 9.17) is 10.2 Å². The molecule has 0 saturated heterocycles. The topological polar surface area (TPSA) is 40.5 Å². The summed E-state index contributed by atoms with van der Waals surface area (Å²) >= 11 is 0. The summed E-state index contributed by atoms with van der Waals surface area (Å²) in [5, 5.41) is 17.8. The standard InChI is InChI=1S/C7H15O2/c1-3-4-5-7(9)6(2)8/h6-9H,1,3-5H2,2H3. The van der Waals surface area contributed by atoms with Gasteiger partial charge in [0.1, 0.15) is 0 Å². The Bertz CT molecular complexity index is 61.9. The highest BCUT2D eigenvalue weighted by atomic mass is 16.3. The van der Waals surface area contributed by atoms with E-state index in [2.05, 4.69) is 6.92 Å². The number of unbranched alkanes of at least 4 members (excludes halogenated alkanes) is 1. The highest BCUT2D eigenvalue weighted by Gasteiger charge is 2.08. The van der Waals surface area contributed by atoms with Gasteiger partial charge >= 0.3 is 0 Å². The molecule has 2 unspecified atom stereocenters. The van der Waals surface area contributed by atoms with Crippen LogP contribution in [-0.4, -0.2) is 22.4 Å². The van der Waals surface area contributed by atoms with Crippen LogP contribution in [0.25, 0.3) is 0 Å². The summed E-state index contributed by atoms with van der Waals surface area (Å²) in [5.41, 5.74) is 0. The zero-order valence-corrected chi connectivity index (χ0v) is 5.88. The first-order valence-corrected chi connectivity index (χ1v) is 3.34. The largest absolute Gasteiger partial charge is 0.391 e. The molecule has 0 bridgehead atoms. The van der Waals surface area contributed by atoms with Gasteiger partial charge in [0.15, 0.2) is 0 Å². The second kappa shape index (κ2) is 4.77. The predicted molar refractivity (Wildman–Crippen MR) is 36.9 cm³/mol. The van der Waals surface area contributed by atoms with Crippen LogP contribution in [-0.2, 0) is 0 Å². The monoisotopic (exact) mass is 131 g/mol. The highest BCUT2D eigenvalue weighted by Crippen LogP contribution is 2.03. The minimum atomic E-state index is -0.600. The molecule has 0 rings (SSSR count). The lowest BCUT2D eigenvalue weighted by molar-refractivity contribution is 0.0252. The number of aliphatic hydroxyl groups excluding tert-OH is 2. The van der Waals surface area contributed by atoms with Crippen molar-refractivity contribution in [3.8, 4) is 0 Å². The van der Waals surface area contributed by atoms with E-state index in [1.807, 2.05) is 0 Å². The summed E-state index contributed by atoms with van der Waals surface area (Å²) < 4.78 is 0. The van der Waals surface area contributed by atoms with Crippen molar-refractivity contribution in [1.29, 1.82) is 0 Å². The smallest absolute Gasteiger partial charge is 0.0796 e. The normalized spacial score (nSPS) is 17.3. The minimum absolute atomic E-state index is 0.563. The van der Waals surface area contributed by atoms with Crippen LogP contribution in [0.15, 0.2) is 0 Å². The van der Waals surface area contributed by atoms with Gasteiger partial charge in [-0.1, -0.05) is 19.8 Å². The third-order valence-electron chi connectivity index (χ3n) is 1.31. The van der Waals surface area contributed by atoms with Crippen molar-refractivity contribution in [1.82, 2.24) is 0 Å². The molecule has 0 aliphatic heterocycles. The molecular formula is C7H15O2. The summed E-state index contributed by atoms with van der Waals surface area (Å²) in [4.78, 5) is 0. The van der Waals surface area contributed by atoms with Gasteiger partial charge in [0.2, 0.25) is 0 Å². The summed E-state index contributed by atoms with van der Waals surface area (Å²) in [6, 6.07) is 0. The van der Waals surface area contributed by atoms with Crippen LogP contribution in [0.5, 0.6) is 0 Å². The number of aliphatic hydroxyl groups is 2. The van der Waals surface area contributed by atoms with Crippen molar-refractivity contribution in [2.75, 3.05) is 0 Å². The average Bonchev–Trinajstić information content (AvgIpc) is 1.82. The van der Waals surface area contributed by atoms with Crippen molar-refractivity contribution in [3.63, 3.8) is 0 Å². The summed E-state index contributed by atoms with van der Waals surface area (Å²) in [6.07, 6.45) is 1.19. The van der Waals surface area contributed by atoms with Gasteiger partial charge in [-0.2, -0.15) is 0 Å². The maximum Gasteiger partial charge on any atom is 0.0796 e. The molecule has 0 aliphatic carbocycles. The van der Waals surface area contributed by atoms with Gasteiger partial charge in [-0.3, -0.25) is 0 Å². The maximum atomic E-state index is 8.98. The molecule has 0 aliphatic rings. The van der Waals surface area contributed by atoms with Crippen molar-refractivity contribution in [3.05, 3.63) is 6.92 Å². The van der Waals surface area contributed by atoms with Crippen molar-refractivity contribution in [2.24, 2.45) is 0 Å². The molecule has 0 heterocycles. The highest BCUT2D eigenvalue weighted by molar-refractivity contribution is 4.61. The van der Waals surface area contributed by atoms with Crippen LogP contribution in [0.4, 0.5) is 0 Å². The van der Waals surface area contributed by atoms with Crippen molar-refractivity contribution < 1.29 is 10.2 Å². The van der Waals surface area contributed by atoms with Crippen molar-refractivity contribution >= 4 is 0 Å². The molecule has 9 heavy (non-hydrogen) atoms. The van der Waals surface area contributed by atoms with Gasteiger partial charge in [0, 0.05) is 0 Å². The van der Waals surface area contributed by atoms with Gasteiger partial charge < -0.3 is 10.2 Å². The van der Waals surface area contributed by atoms with Crippen LogP contribution < -0.4 is 0 Å². The van der Waals surface area contributed by atoms with Crippen LogP contribution in [0.3, 0.4) is 0 Å². The minimum Gasteiger partial charge on any atom is -0.391 e. The van der Waals surface area contributed by atoms with Gasteiger partial charge in [-0.05, 0) is 13.3 Å². The van der Waals surface area contributed by atoms with Crippen LogP contribution in [0, 0.1) is 6.92 Å². The summed E-state index contributed by atoms with van der Waals surface area (Å²) in [5.74, 6) is 0. The van der Waals surface area contributed by atoms with E-state index in [0.717, 1.165) is 12.8 Å². The Morgan fingerprint density at radius 3 is 2.33 bits per heavy atom. The molecule has 2 atom stereocenters. The second-order valence-corrected chi connectivity index (χ2v) is 2.30. The van der Waals surface area contributed by atoms with Gasteiger partial charge in [0.05, 0.1) is 12.2 Å². The maximum absolute atomic E-state index is 8.98. The first-order chi connectivity index (χ1) is 4.18. The fourth-order valence-corrected chi connectivity index (χ4v) is 0.595. The zero-order valence-electron chi connectivity index (χ0n) is 5.88. The SMILES string of the molecule is [CH2]CCCC(O)C(C)O. The first kappa shape index (κ1) is 8.92.